The molecule has 0 saturated heterocycles. The van der Waals surface area contributed by atoms with Crippen LogP contribution in [-0.2, 0) is 4.29 Å². The predicted molar refractivity (Wildman–Crippen MR) is 42.1 cm³/mol. The predicted octanol–water partition coefficient (Wildman–Crippen LogP) is 1.40. The maximum Gasteiger partial charge on any atom is 0.361 e. The van der Waals surface area contributed by atoms with Crippen LogP contribution in [0, 0.1) is 0 Å². The number of nitrogens with zero attached hydrogens (tertiary/aromatic N) is 1. The summed E-state index contributed by atoms with van der Waals surface area (Å²) in [7, 11) is 1.41. The van der Waals surface area contributed by atoms with Crippen LogP contribution in [0.3, 0.4) is 0 Å². The van der Waals surface area contributed by atoms with E-state index in [-0.39, 0.29) is 11.4 Å². The summed E-state index contributed by atoms with van der Waals surface area (Å²) in [4.78, 5) is 14.7. The Hall–Kier alpha value is -1.29. The maximum atomic E-state index is 10.9. The Morgan fingerprint density at radius 1 is 1.67 bits per heavy atom. The van der Waals surface area contributed by atoms with Crippen LogP contribution in [0.25, 0.3) is 0 Å². The molecule has 0 unspecified atom stereocenters. The van der Waals surface area contributed by atoms with Gasteiger partial charge in [0.1, 0.15) is 17.4 Å². The van der Waals surface area contributed by atoms with E-state index in [1.807, 2.05) is 0 Å². The topological polar surface area (TPSA) is 48.4 Å². The summed E-state index contributed by atoms with van der Waals surface area (Å²) < 4.78 is 8.79. The van der Waals surface area contributed by atoms with Gasteiger partial charge >= 0.3 is 5.97 Å². The summed E-state index contributed by atoms with van der Waals surface area (Å²) in [6.45, 7) is 0. The summed E-state index contributed by atoms with van der Waals surface area (Å²) in [5.41, 5.74) is 0.204. The molecule has 0 aliphatic carbocycles. The molecule has 0 saturated carbocycles. The Bertz CT molecular complexity index is 290. The lowest BCUT2D eigenvalue weighted by Crippen LogP contribution is -2.02. The average molecular weight is 188 g/mol. The van der Waals surface area contributed by atoms with Crippen molar-refractivity contribution in [3.05, 3.63) is 23.9 Å². The van der Waals surface area contributed by atoms with E-state index in [2.05, 4.69) is 9.27 Å². The molecular formula is C7H6ClNO3. The molecule has 0 spiro atoms. The average Bonchev–Trinajstić information content (AvgIpc) is 2.16. The number of pyridine rings is 1. The minimum Gasteiger partial charge on any atom is -0.480 e. The van der Waals surface area contributed by atoms with Crippen molar-refractivity contribution in [2.75, 3.05) is 7.11 Å². The number of hydrogen-bond acceptors (Lipinski definition) is 4. The number of halogens is 1. The second-order valence-corrected chi connectivity index (χ2v) is 2.08. The lowest BCUT2D eigenvalue weighted by Gasteiger charge is -2.01. The molecule has 0 atom stereocenters. The standard InChI is InChI=1S/C7H6ClNO3/c1-11-6-5(7(10)12-8)3-2-4-9-6/h2-4H,1H3. The number of ether oxygens (including phenoxy) is 1. The van der Waals surface area contributed by atoms with Crippen molar-refractivity contribution in [2.45, 2.75) is 0 Å². The Balaban J connectivity index is 3.04. The molecule has 0 aromatic carbocycles. The highest BCUT2D eigenvalue weighted by Crippen LogP contribution is 2.14. The van der Waals surface area contributed by atoms with E-state index in [0.29, 0.717) is 0 Å². The molecule has 5 heteroatoms. The van der Waals surface area contributed by atoms with Gasteiger partial charge in [0.05, 0.1) is 7.11 Å². The van der Waals surface area contributed by atoms with Crippen LogP contribution in [0.4, 0.5) is 0 Å². The van der Waals surface area contributed by atoms with E-state index in [1.54, 1.807) is 6.07 Å². The van der Waals surface area contributed by atoms with Crippen molar-refractivity contribution in [1.82, 2.24) is 4.98 Å². The third-order valence-electron chi connectivity index (χ3n) is 1.25. The molecule has 0 amide bonds. The van der Waals surface area contributed by atoms with Gasteiger partial charge in [-0.25, -0.2) is 9.78 Å². The lowest BCUT2D eigenvalue weighted by atomic mass is 10.3. The minimum absolute atomic E-state index is 0.197. The van der Waals surface area contributed by atoms with E-state index in [4.69, 9.17) is 16.6 Å². The number of hydrogen-bond donors (Lipinski definition) is 0. The number of aromatic nitrogens is 1. The lowest BCUT2D eigenvalue weighted by molar-refractivity contribution is 0.0747. The molecule has 12 heavy (non-hydrogen) atoms. The fourth-order valence-electron chi connectivity index (χ4n) is 0.750. The van der Waals surface area contributed by atoms with Gasteiger partial charge < -0.3 is 9.03 Å². The number of carbonyl (C=O) groups is 1. The molecular weight excluding hydrogens is 182 g/mol. The Labute approximate surface area is 74.2 Å². The van der Waals surface area contributed by atoms with Gasteiger partial charge in [-0.1, -0.05) is 0 Å². The van der Waals surface area contributed by atoms with Crippen LogP contribution in [0.5, 0.6) is 5.88 Å². The SMILES string of the molecule is COc1ncccc1C(=O)OCl. The number of rotatable bonds is 2. The second kappa shape index (κ2) is 3.92. The van der Waals surface area contributed by atoms with Gasteiger partial charge in [0.15, 0.2) is 0 Å². The number of methoxy groups -OCH3 is 1. The van der Waals surface area contributed by atoms with Crippen molar-refractivity contribution >= 4 is 17.8 Å². The van der Waals surface area contributed by atoms with Gasteiger partial charge in [-0.2, -0.15) is 0 Å². The highest BCUT2D eigenvalue weighted by Gasteiger charge is 2.13. The zero-order chi connectivity index (χ0) is 8.97. The number of carbonyl (C=O) groups excluding carboxylic acids is 1. The maximum absolute atomic E-state index is 10.9. The van der Waals surface area contributed by atoms with Crippen LogP contribution >= 0.6 is 11.9 Å². The summed E-state index contributed by atoms with van der Waals surface area (Å²) in [6, 6.07) is 3.10. The van der Waals surface area contributed by atoms with E-state index in [1.165, 1.54) is 19.4 Å². The Morgan fingerprint density at radius 2 is 2.42 bits per heavy atom. The van der Waals surface area contributed by atoms with Gasteiger partial charge in [0, 0.05) is 6.20 Å². The fourth-order valence-corrected chi connectivity index (χ4v) is 0.834. The molecule has 1 heterocycles. The first kappa shape index (κ1) is 8.80. The van der Waals surface area contributed by atoms with E-state index in [0.717, 1.165) is 0 Å². The van der Waals surface area contributed by atoms with Gasteiger partial charge in [-0.15, -0.1) is 0 Å². The van der Waals surface area contributed by atoms with Gasteiger partial charge in [0.25, 0.3) is 0 Å². The first-order chi connectivity index (χ1) is 5.79. The molecule has 1 aromatic heterocycles. The van der Waals surface area contributed by atoms with Crippen molar-refractivity contribution < 1.29 is 13.8 Å². The van der Waals surface area contributed by atoms with Gasteiger partial charge in [0.2, 0.25) is 5.88 Å². The molecule has 0 fully saturated rings. The largest absolute Gasteiger partial charge is 0.480 e. The zero-order valence-corrected chi connectivity index (χ0v) is 7.04. The summed E-state index contributed by atoms with van der Waals surface area (Å²) in [6.07, 6.45) is 1.50. The first-order valence-electron chi connectivity index (χ1n) is 3.11. The fraction of sp³-hybridized carbons (Fsp3) is 0.143. The van der Waals surface area contributed by atoms with Gasteiger partial charge in [-0.3, -0.25) is 0 Å². The monoisotopic (exact) mass is 187 g/mol. The van der Waals surface area contributed by atoms with Crippen molar-refractivity contribution in [3.63, 3.8) is 0 Å². The molecule has 1 rings (SSSR count). The molecule has 0 aliphatic rings. The quantitative estimate of drug-likeness (QED) is 0.702. The Kier molecular flexibility index (Phi) is 2.88. The normalized spacial score (nSPS) is 9.17. The minimum atomic E-state index is -0.679. The van der Waals surface area contributed by atoms with E-state index < -0.39 is 5.97 Å². The third kappa shape index (κ3) is 1.65. The summed E-state index contributed by atoms with van der Waals surface area (Å²) >= 11 is 4.88. The molecule has 64 valence electrons. The van der Waals surface area contributed by atoms with Crippen molar-refractivity contribution in [2.24, 2.45) is 0 Å². The van der Waals surface area contributed by atoms with Crippen molar-refractivity contribution in [3.8, 4) is 5.88 Å². The van der Waals surface area contributed by atoms with Gasteiger partial charge in [-0.05, 0) is 12.1 Å². The summed E-state index contributed by atoms with van der Waals surface area (Å²) in [5, 5.41) is 0. The molecule has 1 aromatic rings. The highest BCUT2D eigenvalue weighted by atomic mass is 35.5. The smallest absolute Gasteiger partial charge is 0.361 e. The van der Waals surface area contributed by atoms with E-state index >= 15 is 0 Å². The molecule has 4 nitrogen and oxygen atoms in total. The first-order valence-corrected chi connectivity index (χ1v) is 3.42. The Morgan fingerprint density at radius 3 is 3.00 bits per heavy atom. The molecule has 0 bridgehead atoms. The third-order valence-corrected chi connectivity index (χ3v) is 1.39. The van der Waals surface area contributed by atoms with Crippen LogP contribution < -0.4 is 4.74 Å². The van der Waals surface area contributed by atoms with Crippen LogP contribution in [0.2, 0.25) is 0 Å². The highest BCUT2D eigenvalue weighted by molar-refractivity contribution is 6.16. The van der Waals surface area contributed by atoms with Crippen molar-refractivity contribution in [1.29, 1.82) is 0 Å². The summed E-state index contributed by atoms with van der Waals surface area (Å²) in [5.74, 6) is -0.482. The van der Waals surface area contributed by atoms with Crippen LogP contribution in [0.1, 0.15) is 10.4 Å². The van der Waals surface area contributed by atoms with E-state index in [9.17, 15) is 4.79 Å². The zero-order valence-electron chi connectivity index (χ0n) is 6.28. The molecule has 0 N–H and O–H groups in total. The van der Waals surface area contributed by atoms with Crippen LogP contribution in [0.15, 0.2) is 18.3 Å². The molecule has 0 aliphatic heterocycles. The van der Waals surface area contributed by atoms with Crippen LogP contribution in [-0.4, -0.2) is 18.1 Å². The molecule has 0 radical (unpaired) electrons. The second-order valence-electron chi connectivity index (χ2n) is 1.92.